The highest BCUT2D eigenvalue weighted by atomic mass is 15.2. The first-order valence-electron chi connectivity index (χ1n) is 8.59. The van der Waals surface area contributed by atoms with Crippen molar-refractivity contribution in [3.63, 3.8) is 0 Å². The molecule has 1 fully saturated rings. The Morgan fingerprint density at radius 2 is 2.05 bits per heavy atom. The van der Waals surface area contributed by atoms with Gasteiger partial charge in [-0.15, -0.1) is 0 Å². The number of anilines is 1. The third kappa shape index (κ3) is 4.44. The first-order chi connectivity index (χ1) is 10.1. The van der Waals surface area contributed by atoms with E-state index < -0.39 is 0 Å². The molecular formula is C18H31N3. The third-order valence-corrected chi connectivity index (χ3v) is 4.67. The molecule has 2 atom stereocenters. The van der Waals surface area contributed by atoms with E-state index in [4.69, 9.17) is 4.98 Å². The Morgan fingerprint density at radius 1 is 1.24 bits per heavy atom. The summed E-state index contributed by atoms with van der Waals surface area (Å²) in [5.41, 5.74) is 2.62. The monoisotopic (exact) mass is 289 g/mol. The topological polar surface area (TPSA) is 28.2 Å². The fourth-order valence-corrected chi connectivity index (χ4v) is 3.02. The number of nitrogens with one attached hydrogen (secondary N) is 1. The van der Waals surface area contributed by atoms with Crippen LogP contribution in [0.25, 0.3) is 0 Å². The Kier molecular flexibility index (Phi) is 6.04. The highest BCUT2D eigenvalue weighted by Gasteiger charge is 2.23. The van der Waals surface area contributed by atoms with Crippen LogP contribution in [0.4, 0.5) is 5.82 Å². The second-order valence-electron chi connectivity index (χ2n) is 6.54. The van der Waals surface area contributed by atoms with Crippen molar-refractivity contribution >= 4 is 5.82 Å². The van der Waals surface area contributed by atoms with Gasteiger partial charge >= 0.3 is 0 Å². The number of aryl methyl sites for hydroxylation is 1. The van der Waals surface area contributed by atoms with Gasteiger partial charge in [0.1, 0.15) is 5.82 Å². The summed E-state index contributed by atoms with van der Waals surface area (Å²) in [6.45, 7) is 13.4. The van der Waals surface area contributed by atoms with Crippen molar-refractivity contribution in [2.24, 2.45) is 11.8 Å². The predicted molar refractivity (Wildman–Crippen MR) is 90.8 cm³/mol. The van der Waals surface area contributed by atoms with Crippen LogP contribution in [0.3, 0.4) is 0 Å². The minimum absolute atomic E-state index is 0.757. The molecule has 2 heterocycles. The number of pyridine rings is 1. The standard InChI is InChI=1S/C18H31N3/c1-5-7-17-10-16(12-19-6-2)11-18(20-17)21-9-8-14(3)15(4)13-21/h10-11,14-15,19H,5-9,12-13H2,1-4H3. The number of rotatable bonds is 6. The van der Waals surface area contributed by atoms with Crippen molar-refractivity contribution in [1.29, 1.82) is 0 Å². The summed E-state index contributed by atoms with van der Waals surface area (Å²) in [5.74, 6) is 2.78. The summed E-state index contributed by atoms with van der Waals surface area (Å²) in [6.07, 6.45) is 3.51. The fourth-order valence-electron chi connectivity index (χ4n) is 3.02. The molecule has 0 bridgehead atoms. The molecule has 0 aromatic carbocycles. The summed E-state index contributed by atoms with van der Waals surface area (Å²) < 4.78 is 0. The van der Waals surface area contributed by atoms with Gasteiger partial charge in [-0.25, -0.2) is 4.98 Å². The van der Waals surface area contributed by atoms with Crippen LogP contribution in [0.2, 0.25) is 0 Å². The average molecular weight is 289 g/mol. The smallest absolute Gasteiger partial charge is 0.129 e. The molecule has 0 radical (unpaired) electrons. The van der Waals surface area contributed by atoms with E-state index >= 15 is 0 Å². The molecule has 3 nitrogen and oxygen atoms in total. The first-order valence-corrected chi connectivity index (χ1v) is 8.59. The van der Waals surface area contributed by atoms with Gasteiger partial charge < -0.3 is 10.2 Å². The molecule has 118 valence electrons. The molecule has 1 aromatic heterocycles. The zero-order valence-corrected chi connectivity index (χ0v) is 14.2. The molecule has 0 saturated carbocycles. The highest BCUT2D eigenvalue weighted by Crippen LogP contribution is 2.27. The quantitative estimate of drug-likeness (QED) is 0.867. The molecule has 2 unspecified atom stereocenters. The molecule has 0 amide bonds. The fraction of sp³-hybridized carbons (Fsp3) is 0.722. The van der Waals surface area contributed by atoms with E-state index in [0.717, 1.165) is 50.9 Å². The second kappa shape index (κ2) is 7.79. The molecule has 3 heteroatoms. The van der Waals surface area contributed by atoms with Gasteiger partial charge in [-0.05, 0) is 48.9 Å². The van der Waals surface area contributed by atoms with Crippen molar-refractivity contribution in [1.82, 2.24) is 10.3 Å². The maximum atomic E-state index is 4.91. The summed E-state index contributed by atoms with van der Waals surface area (Å²) in [5, 5.41) is 3.43. The Bertz CT molecular complexity index is 444. The van der Waals surface area contributed by atoms with Crippen molar-refractivity contribution in [2.75, 3.05) is 24.5 Å². The zero-order chi connectivity index (χ0) is 15.2. The van der Waals surface area contributed by atoms with Crippen LogP contribution in [0.1, 0.15) is 51.8 Å². The summed E-state index contributed by atoms with van der Waals surface area (Å²) in [6, 6.07) is 4.55. The minimum Gasteiger partial charge on any atom is -0.356 e. The normalized spacial score (nSPS) is 22.6. The molecule has 2 rings (SSSR count). The van der Waals surface area contributed by atoms with E-state index in [1.807, 2.05) is 0 Å². The lowest BCUT2D eigenvalue weighted by Gasteiger charge is -2.36. The lowest BCUT2D eigenvalue weighted by Crippen LogP contribution is -2.39. The Labute approximate surface area is 130 Å². The molecule has 1 saturated heterocycles. The molecular weight excluding hydrogens is 258 g/mol. The highest BCUT2D eigenvalue weighted by molar-refractivity contribution is 5.43. The minimum atomic E-state index is 0.757. The van der Waals surface area contributed by atoms with Gasteiger partial charge in [-0.1, -0.05) is 34.1 Å². The average Bonchev–Trinajstić information content (AvgIpc) is 2.48. The van der Waals surface area contributed by atoms with Gasteiger partial charge in [0.2, 0.25) is 0 Å². The Balaban J connectivity index is 2.18. The van der Waals surface area contributed by atoms with Gasteiger partial charge in [0.25, 0.3) is 0 Å². The maximum absolute atomic E-state index is 4.91. The molecule has 0 spiro atoms. The number of aromatic nitrogens is 1. The predicted octanol–water partition coefficient (Wildman–Crippen LogP) is 3.63. The van der Waals surface area contributed by atoms with Crippen LogP contribution in [0, 0.1) is 11.8 Å². The third-order valence-electron chi connectivity index (χ3n) is 4.67. The zero-order valence-electron chi connectivity index (χ0n) is 14.2. The van der Waals surface area contributed by atoms with Gasteiger partial charge in [-0.3, -0.25) is 0 Å². The van der Waals surface area contributed by atoms with Gasteiger partial charge in [-0.2, -0.15) is 0 Å². The van der Waals surface area contributed by atoms with Crippen LogP contribution in [-0.4, -0.2) is 24.6 Å². The lowest BCUT2D eigenvalue weighted by molar-refractivity contribution is 0.322. The van der Waals surface area contributed by atoms with Crippen LogP contribution < -0.4 is 10.2 Å². The molecule has 1 aliphatic rings. The van der Waals surface area contributed by atoms with Crippen LogP contribution in [-0.2, 0) is 13.0 Å². The molecule has 0 aliphatic carbocycles. The van der Waals surface area contributed by atoms with Crippen molar-refractivity contribution in [3.05, 3.63) is 23.4 Å². The second-order valence-corrected chi connectivity index (χ2v) is 6.54. The molecule has 21 heavy (non-hydrogen) atoms. The maximum Gasteiger partial charge on any atom is 0.129 e. The van der Waals surface area contributed by atoms with E-state index in [2.05, 4.69) is 50.0 Å². The Morgan fingerprint density at radius 3 is 2.71 bits per heavy atom. The van der Waals surface area contributed by atoms with E-state index in [9.17, 15) is 0 Å². The van der Waals surface area contributed by atoms with E-state index in [1.54, 1.807) is 0 Å². The van der Waals surface area contributed by atoms with E-state index in [0.29, 0.717) is 0 Å². The Hall–Kier alpha value is -1.09. The van der Waals surface area contributed by atoms with Crippen molar-refractivity contribution < 1.29 is 0 Å². The molecule has 1 aromatic rings. The van der Waals surface area contributed by atoms with Gasteiger partial charge in [0.15, 0.2) is 0 Å². The largest absolute Gasteiger partial charge is 0.356 e. The summed E-state index contributed by atoms with van der Waals surface area (Å²) >= 11 is 0. The summed E-state index contributed by atoms with van der Waals surface area (Å²) in [4.78, 5) is 7.40. The van der Waals surface area contributed by atoms with Crippen LogP contribution in [0.15, 0.2) is 12.1 Å². The number of piperidine rings is 1. The number of nitrogens with zero attached hydrogens (tertiary/aromatic N) is 2. The molecule has 1 aliphatic heterocycles. The van der Waals surface area contributed by atoms with Crippen LogP contribution in [0.5, 0.6) is 0 Å². The van der Waals surface area contributed by atoms with Gasteiger partial charge in [0.05, 0.1) is 0 Å². The lowest BCUT2D eigenvalue weighted by atomic mass is 9.88. The van der Waals surface area contributed by atoms with Crippen LogP contribution >= 0.6 is 0 Å². The number of hydrogen-bond donors (Lipinski definition) is 1. The van der Waals surface area contributed by atoms with E-state index in [-0.39, 0.29) is 0 Å². The first kappa shape index (κ1) is 16.3. The van der Waals surface area contributed by atoms with Crippen molar-refractivity contribution in [3.8, 4) is 0 Å². The molecule has 1 N–H and O–H groups in total. The van der Waals surface area contributed by atoms with Crippen molar-refractivity contribution in [2.45, 2.75) is 53.5 Å². The van der Waals surface area contributed by atoms with Gasteiger partial charge in [0, 0.05) is 25.3 Å². The SMILES string of the molecule is CCCc1cc(CNCC)cc(N2CCC(C)C(C)C2)n1. The number of hydrogen-bond acceptors (Lipinski definition) is 3. The van der Waals surface area contributed by atoms with E-state index in [1.165, 1.54) is 23.5 Å². The summed E-state index contributed by atoms with van der Waals surface area (Å²) in [7, 11) is 0.